The van der Waals surface area contributed by atoms with E-state index in [0.717, 1.165) is 62.6 Å². The van der Waals surface area contributed by atoms with Crippen molar-refractivity contribution in [3.8, 4) is 0 Å². The fourth-order valence-corrected chi connectivity index (χ4v) is 4.61. The van der Waals surface area contributed by atoms with Gasteiger partial charge in [0.1, 0.15) is 13.2 Å². The van der Waals surface area contributed by atoms with Crippen LogP contribution in [0.2, 0.25) is 0 Å². The van der Waals surface area contributed by atoms with Gasteiger partial charge in [-0.3, -0.25) is 4.79 Å². The number of quaternary nitrogens is 1. The number of esters is 1. The molecule has 1 unspecified atom stereocenters. The maximum Gasteiger partial charge on any atom is 0.312 e. The minimum absolute atomic E-state index is 0.134. The maximum atomic E-state index is 12.9. The summed E-state index contributed by atoms with van der Waals surface area (Å²) in [4.78, 5) is 12.9. The first kappa shape index (κ1) is 19.7. The van der Waals surface area contributed by atoms with Gasteiger partial charge in [0.05, 0.1) is 31.7 Å². The molecular weight excluding hydrogens is 302 g/mol. The highest BCUT2D eigenvalue weighted by atomic mass is 16.5. The fourth-order valence-electron chi connectivity index (χ4n) is 4.61. The second-order valence-electron chi connectivity index (χ2n) is 8.33. The number of carbonyl (C=O) groups is 1. The molecule has 2 saturated carbocycles. The zero-order valence-corrected chi connectivity index (χ0v) is 16.1. The van der Waals surface area contributed by atoms with Gasteiger partial charge in [-0.15, -0.1) is 0 Å². The predicted octanol–water partition coefficient (Wildman–Crippen LogP) is 3.52. The van der Waals surface area contributed by atoms with Crippen LogP contribution in [0.1, 0.15) is 71.6 Å². The van der Waals surface area contributed by atoms with E-state index >= 15 is 0 Å². The molecule has 4 nitrogen and oxygen atoms in total. The van der Waals surface area contributed by atoms with Gasteiger partial charge in [0.15, 0.2) is 0 Å². The molecule has 4 heteroatoms. The minimum Gasteiger partial charge on any atom is -0.459 e. The minimum atomic E-state index is -0.813. The Labute approximate surface area is 148 Å². The lowest BCUT2D eigenvalue weighted by Crippen LogP contribution is -2.48. The van der Waals surface area contributed by atoms with Crippen LogP contribution in [0.5, 0.6) is 0 Å². The normalized spacial score (nSPS) is 23.2. The Bertz CT molecular complexity index is 394. The van der Waals surface area contributed by atoms with Crippen LogP contribution < -0.4 is 0 Å². The van der Waals surface area contributed by atoms with Gasteiger partial charge in [-0.05, 0) is 45.4 Å². The second-order valence-corrected chi connectivity index (χ2v) is 8.33. The summed E-state index contributed by atoms with van der Waals surface area (Å²) in [7, 11) is 2.21. The van der Waals surface area contributed by atoms with Crippen LogP contribution in [0.4, 0.5) is 0 Å². The van der Waals surface area contributed by atoms with Gasteiger partial charge in [0.25, 0.3) is 0 Å². The molecule has 0 aromatic carbocycles. The fraction of sp³-hybridized carbons (Fsp3) is 0.950. The summed E-state index contributed by atoms with van der Waals surface area (Å²) in [5.74, 6) is -0.125. The van der Waals surface area contributed by atoms with Crippen LogP contribution in [0.3, 0.4) is 0 Å². The number of rotatable bonds is 8. The summed E-state index contributed by atoms with van der Waals surface area (Å²) >= 11 is 0. The highest BCUT2D eigenvalue weighted by Gasteiger charge is 2.48. The lowest BCUT2D eigenvalue weighted by Gasteiger charge is -2.38. The van der Waals surface area contributed by atoms with Gasteiger partial charge in [-0.25, -0.2) is 0 Å². The number of likely N-dealkylation sites (N-methyl/N-ethyl adjacent to an activating group) is 1. The average molecular weight is 341 g/mol. The van der Waals surface area contributed by atoms with E-state index in [9.17, 15) is 9.90 Å². The van der Waals surface area contributed by atoms with Crippen molar-refractivity contribution in [3.63, 3.8) is 0 Å². The molecule has 0 aromatic heterocycles. The quantitative estimate of drug-likeness (QED) is 0.543. The van der Waals surface area contributed by atoms with Gasteiger partial charge in [-0.1, -0.05) is 32.1 Å². The summed E-state index contributed by atoms with van der Waals surface area (Å²) in [5.41, 5.74) is -0.813. The summed E-state index contributed by atoms with van der Waals surface area (Å²) in [6, 6.07) is 0. The average Bonchev–Trinajstić information content (AvgIpc) is 3.03. The molecule has 140 valence electrons. The topological polar surface area (TPSA) is 46.5 Å². The summed E-state index contributed by atoms with van der Waals surface area (Å²) < 4.78 is 6.64. The lowest BCUT2D eigenvalue weighted by molar-refractivity contribution is -0.906. The third-order valence-electron chi connectivity index (χ3n) is 6.83. The SMILES string of the molecule is CC[N+](C)(CC)CCOC(=O)C(C1CCCCC1)C1(O)CCCC1. The number of carbonyl (C=O) groups excluding carboxylic acids is 1. The number of hydrogen-bond acceptors (Lipinski definition) is 3. The molecule has 0 saturated heterocycles. The van der Waals surface area contributed by atoms with Crippen molar-refractivity contribution < 1.29 is 19.1 Å². The molecule has 0 radical (unpaired) electrons. The van der Waals surface area contributed by atoms with E-state index < -0.39 is 5.60 Å². The Morgan fingerprint density at radius 1 is 1.12 bits per heavy atom. The lowest BCUT2D eigenvalue weighted by atomic mass is 9.71. The molecule has 0 aromatic rings. The van der Waals surface area contributed by atoms with E-state index in [-0.39, 0.29) is 11.9 Å². The smallest absolute Gasteiger partial charge is 0.312 e. The zero-order valence-electron chi connectivity index (χ0n) is 16.1. The van der Waals surface area contributed by atoms with Gasteiger partial charge >= 0.3 is 5.97 Å². The predicted molar refractivity (Wildman–Crippen MR) is 96.6 cm³/mol. The molecule has 2 aliphatic carbocycles. The van der Waals surface area contributed by atoms with Gasteiger partial charge < -0.3 is 14.3 Å². The summed E-state index contributed by atoms with van der Waals surface area (Å²) in [5, 5.41) is 11.1. The number of nitrogens with zero attached hydrogens (tertiary/aromatic N) is 1. The maximum absolute atomic E-state index is 12.9. The first-order valence-electron chi connectivity index (χ1n) is 10.2. The third-order valence-corrected chi connectivity index (χ3v) is 6.83. The molecule has 0 aliphatic heterocycles. The molecule has 1 atom stereocenters. The number of ether oxygens (including phenoxy) is 1. The van der Waals surface area contributed by atoms with Crippen molar-refractivity contribution in [2.45, 2.75) is 77.2 Å². The highest BCUT2D eigenvalue weighted by Crippen LogP contribution is 2.44. The van der Waals surface area contributed by atoms with Crippen LogP contribution in [-0.4, -0.2) is 54.4 Å². The molecule has 2 fully saturated rings. The van der Waals surface area contributed by atoms with Gasteiger partial charge in [-0.2, -0.15) is 0 Å². The molecule has 2 aliphatic rings. The Morgan fingerprint density at radius 2 is 1.71 bits per heavy atom. The standard InChI is InChI=1S/C20H38NO3/c1-4-21(3,5-2)15-16-24-19(22)18(17-11-7-6-8-12-17)20(23)13-9-10-14-20/h17-18,23H,4-16H2,1-3H3/q+1. The molecule has 0 amide bonds. The largest absolute Gasteiger partial charge is 0.459 e. The van der Waals surface area contributed by atoms with Crippen LogP contribution in [0.15, 0.2) is 0 Å². The van der Waals surface area contributed by atoms with Crippen LogP contribution >= 0.6 is 0 Å². The van der Waals surface area contributed by atoms with Crippen LogP contribution in [0, 0.1) is 11.8 Å². The molecule has 0 bridgehead atoms. The van der Waals surface area contributed by atoms with E-state index in [1.54, 1.807) is 0 Å². The van der Waals surface area contributed by atoms with Crippen LogP contribution in [-0.2, 0) is 9.53 Å². The van der Waals surface area contributed by atoms with E-state index in [0.29, 0.717) is 12.5 Å². The van der Waals surface area contributed by atoms with Gasteiger partial charge in [0.2, 0.25) is 0 Å². The van der Waals surface area contributed by atoms with Crippen molar-refractivity contribution in [1.29, 1.82) is 0 Å². The Balaban J connectivity index is 1.99. The third kappa shape index (κ3) is 4.72. The first-order valence-corrected chi connectivity index (χ1v) is 10.2. The summed E-state index contributed by atoms with van der Waals surface area (Å²) in [6.45, 7) is 7.77. The van der Waals surface area contributed by atoms with E-state index in [2.05, 4.69) is 20.9 Å². The summed E-state index contributed by atoms with van der Waals surface area (Å²) in [6.07, 6.45) is 9.37. The highest BCUT2D eigenvalue weighted by molar-refractivity contribution is 5.74. The van der Waals surface area contributed by atoms with E-state index in [1.165, 1.54) is 19.3 Å². The van der Waals surface area contributed by atoms with Crippen molar-refractivity contribution in [2.24, 2.45) is 11.8 Å². The molecule has 1 N–H and O–H groups in total. The van der Waals surface area contributed by atoms with Crippen molar-refractivity contribution in [1.82, 2.24) is 0 Å². The first-order chi connectivity index (χ1) is 11.4. The Morgan fingerprint density at radius 3 is 2.25 bits per heavy atom. The van der Waals surface area contributed by atoms with Crippen molar-refractivity contribution in [3.05, 3.63) is 0 Å². The Hall–Kier alpha value is -0.610. The molecule has 0 spiro atoms. The molecular formula is C20H38NO3+. The van der Waals surface area contributed by atoms with Crippen LogP contribution in [0.25, 0.3) is 0 Å². The molecule has 2 rings (SSSR count). The molecule has 0 heterocycles. The zero-order chi connectivity index (χ0) is 17.6. The number of aliphatic hydroxyl groups is 1. The van der Waals surface area contributed by atoms with Crippen molar-refractivity contribution >= 4 is 5.97 Å². The van der Waals surface area contributed by atoms with E-state index in [4.69, 9.17) is 4.74 Å². The second kappa shape index (κ2) is 8.66. The van der Waals surface area contributed by atoms with Gasteiger partial charge in [0, 0.05) is 0 Å². The Kier molecular flexibility index (Phi) is 7.11. The van der Waals surface area contributed by atoms with E-state index in [1.807, 2.05) is 0 Å². The monoisotopic (exact) mass is 340 g/mol. The number of hydrogen-bond donors (Lipinski definition) is 1. The molecule has 24 heavy (non-hydrogen) atoms. The van der Waals surface area contributed by atoms with Crippen molar-refractivity contribution in [2.75, 3.05) is 33.3 Å².